The summed E-state index contributed by atoms with van der Waals surface area (Å²) in [5, 5.41) is 48.8. The van der Waals surface area contributed by atoms with Crippen molar-refractivity contribution in [2.45, 2.75) is 50.9 Å². The third kappa shape index (κ3) is 10.9. The predicted octanol–water partition coefficient (Wildman–Crippen LogP) is 3.51. The highest BCUT2D eigenvalue weighted by Crippen LogP contribution is 2.34. The van der Waals surface area contributed by atoms with Gasteiger partial charge in [-0.15, -0.1) is 10.2 Å². The van der Waals surface area contributed by atoms with Crippen molar-refractivity contribution in [2.24, 2.45) is 0 Å². The maximum atomic E-state index is 13.5. The molecule has 12 rings (SSSR count). The molecule has 4 heterocycles. The lowest BCUT2D eigenvalue weighted by atomic mass is 10.0. The summed E-state index contributed by atoms with van der Waals surface area (Å²) in [6, 6.07) is 25.1. The van der Waals surface area contributed by atoms with E-state index in [0.717, 1.165) is 22.3 Å². The number of hydrogen-bond acceptors (Lipinski definition) is 20. The van der Waals surface area contributed by atoms with Crippen molar-refractivity contribution in [3.63, 3.8) is 0 Å². The number of benzene rings is 4. The first-order valence-electron chi connectivity index (χ1n) is 26.0. The van der Waals surface area contributed by atoms with Gasteiger partial charge in [0.2, 0.25) is 9.54 Å². The average Bonchev–Trinajstić information content (AvgIpc) is 2.50. The highest BCUT2D eigenvalue weighted by Gasteiger charge is 2.30. The van der Waals surface area contributed by atoms with E-state index < -0.39 is 57.3 Å². The average molecular weight is 1200 g/mol. The number of aromatic amines is 2. The Morgan fingerprint density at radius 1 is 0.547 bits per heavy atom. The molecule has 4 amide bonds. The number of nitrogen functional groups attached to an aromatic ring is 2. The standard InChI is InChI=1S/2C28H22N8O6S/c29-20-21(23(38)22(20)37)31-15-3-1-2-12(8-15)11-30-25(40)19-10-18(33-27-34-35-28(43)36(19)27)24(39)32-17-7-5-13-9-14(26(41)42)4-6-16(13)17;29-20-21(23(38)22(20)37)31-15-3-1-2-12(8-15)11-30-24(39)18-10-19(36-27(33-18)34-35-28(36)43)25(40)32-17-7-5-13-9-14(26(41)42)4-6-16(13)17/h1-4,6,8-10,17,31H,5,7,11,29H2,(H,30,40)(H,32,39)(H,35,43)(H,41,42);1-4,6,8-10,17,31H,5,7,11,29H2,(H,30,39)(H,32,40)(H,35,43)(H,41,42)/t2*17-/m00/s1. The molecule has 10 aromatic rings. The number of nitrogens with zero attached hydrogens (tertiary/aromatic N) is 6. The molecule has 2 aliphatic rings. The largest absolute Gasteiger partial charge is 0.478 e. The molecule has 0 saturated heterocycles. The summed E-state index contributed by atoms with van der Waals surface area (Å²) in [6.07, 6.45) is 2.36. The van der Waals surface area contributed by atoms with Gasteiger partial charge in [0.25, 0.3) is 56.9 Å². The van der Waals surface area contributed by atoms with Crippen molar-refractivity contribution in [3.05, 3.63) is 215 Å². The lowest BCUT2D eigenvalue weighted by molar-refractivity contribution is 0.0686. The van der Waals surface area contributed by atoms with Crippen molar-refractivity contribution in [1.82, 2.24) is 60.4 Å². The maximum absolute atomic E-state index is 13.5. The molecule has 0 spiro atoms. The molecule has 0 aliphatic heterocycles. The second kappa shape index (κ2) is 22.7. The Morgan fingerprint density at radius 3 is 1.43 bits per heavy atom. The number of carboxylic acids is 2. The quantitative estimate of drug-likeness (QED) is 0.0486. The number of nitrogens with two attached hydrogens (primary N) is 2. The molecule has 0 fully saturated rings. The number of fused-ring (bicyclic) bond motifs is 4. The minimum Gasteiger partial charge on any atom is -0.478 e. The number of amides is 4. The maximum Gasteiger partial charge on any atom is 0.335 e. The molecule has 4 aromatic heterocycles. The second-order valence-corrected chi connectivity index (χ2v) is 20.6. The van der Waals surface area contributed by atoms with Crippen LogP contribution in [-0.2, 0) is 25.9 Å². The zero-order valence-corrected chi connectivity index (χ0v) is 45.9. The third-order valence-corrected chi connectivity index (χ3v) is 15.0. The first kappa shape index (κ1) is 56.5. The van der Waals surface area contributed by atoms with Gasteiger partial charge in [-0.1, -0.05) is 36.4 Å². The molecular weight excluding hydrogens is 1150 g/mol. The number of carboxylic acid groups (broad SMARTS) is 2. The SMILES string of the molecule is Nc1c(Nc2cccc(CNC(=O)c3cc(C(=O)N[C@H]4CCc5cc(C(=O)O)ccc54)n4c(=S)[nH]nc4n3)c2)c(=O)c1=O.Nc1c(Nc2cccc(CNC(=O)c3cc(C(=O)N[C@H]4CCc5cc(C(=O)O)ccc54)nc4n[nH]c(=S)n34)c2)c(=O)c1=O. The summed E-state index contributed by atoms with van der Waals surface area (Å²) in [5.74, 6) is -4.19. The monoisotopic (exact) mass is 1200 g/mol. The molecule has 0 unspecified atom stereocenters. The number of anilines is 6. The molecule has 0 radical (unpaired) electrons. The zero-order chi connectivity index (χ0) is 60.8. The Balaban J connectivity index is 0.000000179. The fourth-order valence-electron chi connectivity index (χ4n) is 10.1. The number of carbonyl (C=O) groups is 6. The molecule has 14 N–H and O–H groups in total. The highest BCUT2D eigenvalue weighted by molar-refractivity contribution is 7.71. The molecule has 86 heavy (non-hydrogen) atoms. The van der Waals surface area contributed by atoms with Crippen LogP contribution in [0.3, 0.4) is 0 Å². The van der Waals surface area contributed by atoms with Gasteiger partial charge in [-0.05, 0) is 144 Å². The molecule has 6 aromatic carbocycles. The van der Waals surface area contributed by atoms with Crippen LogP contribution in [0.1, 0.15) is 121 Å². The van der Waals surface area contributed by atoms with Gasteiger partial charge < -0.3 is 53.6 Å². The van der Waals surface area contributed by atoms with Crippen LogP contribution in [0.4, 0.5) is 34.1 Å². The summed E-state index contributed by atoms with van der Waals surface area (Å²) >= 11 is 10.6. The van der Waals surface area contributed by atoms with Gasteiger partial charge >= 0.3 is 11.9 Å². The number of hydrogen-bond donors (Lipinski definition) is 12. The van der Waals surface area contributed by atoms with Crippen LogP contribution in [0.2, 0.25) is 0 Å². The van der Waals surface area contributed by atoms with E-state index in [1.54, 1.807) is 72.8 Å². The summed E-state index contributed by atoms with van der Waals surface area (Å²) in [5.41, 5.74) is 14.1. The minimum absolute atomic E-state index is 0.0246. The Bertz CT molecular complexity index is 4820. The number of rotatable bonds is 16. The third-order valence-electron chi connectivity index (χ3n) is 14.4. The van der Waals surface area contributed by atoms with Crippen molar-refractivity contribution in [1.29, 1.82) is 0 Å². The summed E-state index contributed by atoms with van der Waals surface area (Å²) < 4.78 is 2.86. The first-order chi connectivity index (χ1) is 41.2. The number of H-pyrrole nitrogens is 2. The molecule has 30 heteroatoms. The van der Waals surface area contributed by atoms with Crippen LogP contribution in [-0.4, -0.2) is 84.9 Å². The van der Waals surface area contributed by atoms with E-state index in [9.17, 15) is 58.2 Å². The molecule has 2 atom stereocenters. The molecule has 28 nitrogen and oxygen atoms in total. The summed E-state index contributed by atoms with van der Waals surface area (Å²) in [7, 11) is 0. The summed E-state index contributed by atoms with van der Waals surface area (Å²) in [4.78, 5) is 131. The van der Waals surface area contributed by atoms with E-state index in [1.165, 1.54) is 33.1 Å². The van der Waals surface area contributed by atoms with E-state index in [2.05, 4.69) is 62.3 Å². The van der Waals surface area contributed by atoms with Crippen molar-refractivity contribution in [2.75, 3.05) is 22.1 Å². The van der Waals surface area contributed by atoms with E-state index >= 15 is 0 Å². The molecule has 2 aliphatic carbocycles. The van der Waals surface area contributed by atoms with Gasteiger partial charge in [0.15, 0.2) is 0 Å². The fraction of sp³-hybridized carbons (Fsp3) is 0.143. The molecule has 0 saturated carbocycles. The van der Waals surface area contributed by atoms with Gasteiger partial charge in [0.05, 0.1) is 23.2 Å². The van der Waals surface area contributed by atoms with Crippen LogP contribution in [0.15, 0.2) is 116 Å². The lowest BCUT2D eigenvalue weighted by Gasteiger charge is -2.15. The first-order valence-corrected chi connectivity index (χ1v) is 26.8. The van der Waals surface area contributed by atoms with Crippen molar-refractivity contribution in [3.8, 4) is 0 Å². The topological polar surface area (TPSA) is 427 Å². The highest BCUT2D eigenvalue weighted by atomic mass is 32.1. The Labute approximate surface area is 490 Å². The van der Waals surface area contributed by atoms with Crippen LogP contribution >= 0.6 is 24.4 Å². The van der Waals surface area contributed by atoms with Crippen LogP contribution in [0, 0.1) is 9.54 Å². The van der Waals surface area contributed by atoms with Crippen LogP contribution in [0.25, 0.3) is 11.6 Å². The van der Waals surface area contributed by atoms with E-state index in [4.69, 9.17) is 35.9 Å². The van der Waals surface area contributed by atoms with E-state index in [-0.39, 0.29) is 103 Å². The van der Waals surface area contributed by atoms with Crippen molar-refractivity contribution < 1.29 is 39.0 Å². The smallest absolute Gasteiger partial charge is 0.335 e. The molecular formula is C56H44N16O12S2. The predicted molar refractivity (Wildman–Crippen MR) is 314 cm³/mol. The van der Waals surface area contributed by atoms with Gasteiger partial charge in [-0.3, -0.25) is 38.4 Å². The fourth-order valence-corrected chi connectivity index (χ4v) is 10.5. The number of nitrogens with one attached hydrogen (secondary N) is 8. The number of carbonyl (C=O) groups excluding carboxylic acids is 4. The van der Waals surface area contributed by atoms with Gasteiger partial charge in [-0.25, -0.2) is 38.6 Å². The Morgan fingerprint density at radius 2 is 0.977 bits per heavy atom. The van der Waals surface area contributed by atoms with Gasteiger partial charge in [-0.2, -0.15) is 0 Å². The second-order valence-electron chi connectivity index (χ2n) is 19.9. The van der Waals surface area contributed by atoms with E-state index in [0.29, 0.717) is 48.2 Å². The van der Waals surface area contributed by atoms with Gasteiger partial charge in [0.1, 0.15) is 45.5 Å². The lowest BCUT2D eigenvalue weighted by Crippen LogP contribution is -2.36. The number of aromatic nitrogens is 8. The number of aryl methyl sites for hydroxylation is 2. The van der Waals surface area contributed by atoms with Crippen molar-refractivity contribution >= 4 is 106 Å². The van der Waals surface area contributed by atoms with Crippen LogP contribution < -0.4 is 65.1 Å². The zero-order valence-electron chi connectivity index (χ0n) is 44.3. The Hall–Kier alpha value is -11.4. The normalized spacial score (nSPS) is 14.0. The number of aromatic carboxylic acids is 2. The summed E-state index contributed by atoms with van der Waals surface area (Å²) in [6.45, 7) is 0.150. The molecule has 432 valence electrons. The Kier molecular flexibility index (Phi) is 14.9. The minimum atomic E-state index is -1.02. The van der Waals surface area contributed by atoms with Crippen LogP contribution in [0.5, 0.6) is 0 Å². The molecule has 0 bridgehead atoms. The van der Waals surface area contributed by atoms with Gasteiger partial charge in [0, 0.05) is 24.5 Å². The van der Waals surface area contributed by atoms with E-state index in [1.807, 2.05) is 0 Å².